The second kappa shape index (κ2) is 6.91. The topological polar surface area (TPSA) is 6.48 Å². The van der Waals surface area contributed by atoms with Crippen LogP contribution in [0.3, 0.4) is 0 Å². The minimum atomic E-state index is -1.56. The van der Waals surface area contributed by atoms with Crippen LogP contribution in [-0.2, 0) is 0 Å². The van der Waals surface area contributed by atoms with Crippen molar-refractivity contribution in [3.63, 3.8) is 0 Å². The molecule has 0 spiro atoms. The van der Waals surface area contributed by atoms with E-state index < -0.39 is 8.40 Å². The van der Waals surface area contributed by atoms with E-state index in [2.05, 4.69) is 64.5 Å². The summed E-state index contributed by atoms with van der Waals surface area (Å²) in [6.45, 7) is 23.7. The molecule has 3 heteroatoms. The maximum Gasteiger partial charge on any atom is 0.211 e. The van der Waals surface area contributed by atoms with E-state index in [0.29, 0.717) is 5.04 Å². The predicted molar refractivity (Wildman–Crippen MR) is 81.8 cm³/mol. The molecule has 0 atom stereocenters. The summed E-state index contributed by atoms with van der Waals surface area (Å²) in [5, 5.41) is 0.403. The molecule has 0 aliphatic rings. The average molecular weight is 259 g/mol. The Morgan fingerprint density at radius 2 is 1.00 bits per heavy atom. The Morgan fingerprint density at radius 1 is 0.706 bits per heavy atom. The summed E-state index contributed by atoms with van der Waals surface area (Å²) in [7, 11) is -1.56. The van der Waals surface area contributed by atoms with Gasteiger partial charge in [-0.1, -0.05) is 55.4 Å². The van der Waals surface area contributed by atoms with Crippen LogP contribution in [0.15, 0.2) is 0 Å². The second-order valence-corrected chi connectivity index (χ2v) is 10.9. The van der Waals surface area contributed by atoms with E-state index in [9.17, 15) is 0 Å². The van der Waals surface area contributed by atoms with Crippen LogP contribution in [0.1, 0.15) is 55.4 Å². The largest absolute Gasteiger partial charge is 0.312 e. The van der Waals surface area contributed by atoms with Gasteiger partial charge in [0, 0.05) is 0 Å². The molecule has 0 saturated carbocycles. The lowest BCUT2D eigenvalue weighted by Crippen LogP contribution is -2.69. The van der Waals surface area contributed by atoms with Gasteiger partial charge in [-0.2, -0.15) is 0 Å². The van der Waals surface area contributed by atoms with E-state index in [1.807, 2.05) is 0 Å². The molecule has 0 aliphatic carbocycles. The third-order valence-corrected chi connectivity index (χ3v) is 11.0. The van der Waals surface area contributed by atoms with Gasteiger partial charge in [0.05, 0.1) is 0 Å². The van der Waals surface area contributed by atoms with Crippen LogP contribution in [0, 0.1) is 0 Å². The van der Waals surface area contributed by atoms with Gasteiger partial charge in [-0.3, -0.25) is 0 Å². The molecular weight excluding hydrogens is 224 g/mol. The van der Waals surface area contributed by atoms with Crippen LogP contribution in [0.5, 0.6) is 0 Å². The average Bonchev–Trinajstić information content (AvgIpc) is 2.27. The Bertz CT molecular complexity index is 191. The van der Waals surface area contributed by atoms with Gasteiger partial charge >= 0.3 is 0 Å². The van der Waals surface area contributed by atoms with Crippen molar-refractivity contribution in [1.29, 1.82) is 0 Å². The quantitative estimate of drug-likeness (QED) is 0.638. The molecule has 0 aromatic rings. The number of hydrogen-bond donors (Lipinski definition) is 0. The van der Waals surface area contributed by atoms with Crippen LogP contribution in [-0.4, -0.2) is 43.7 Å². The van der Waals surface area contributed by atoms with E-state index in [1.54, 1.807) is 0 Å². The second-order valence-electron chi connectivity index (χ2n) is 5.76. The molecule has 0 aliphatic heterocycles. The Hall–Kier alpha value is 0.137. The number of hydrogen-bond acceptors (Lipinski definition) is 2. The minimum absolute atomic E-state index is 0.403. The SMILES string of the molecule is CCN(CC)[Si](CC)(N(CC)CC)C(C)(C)C. The highest BCUT2D eigenvalue weighted by Gasteiger charge is 2.51. The third-order valence-electron chi connectivity index (χ3n) is 4.27. The summed E-state index contributed by atoms with van der Waals surface area (Å²) >= 11 is 0. The fraction of sp³-hybridized carbons (Fsp3) is 1.00. The summed E-state index contributed by atoms with van der Waals surface area (Å²) in [6, 6.07) is 1.32. The molecule has 0 unspecified atom stereocenters. The van der Waals surface area contributed by atoms with Gasteiger partial charge in [0.2, 0.25) is 8.40 Å². The molecule has 0 bridgehead atoms. The predicted octanol–water partition coefficient (Wildman–Crippen LogP) is 3.93. The molecule has 0 saturated heterocycles. The molecule has 0 rings (SSSR count). The molecule has 0 amide bonds. The lowest BCUT2D eigenvalue weighted by molar-refractivity contribution is 0.319. The molecule has 0 heterocycles. The van der Waals surface area contributed by atoms with Gasteiger partial charge in [0.15, 0.2) is 0 Å². The maximum atomic E-state index is 2.78. The molecule has 17 heavy (non-hydrogen) atoms. The van der Waals surface area contributed by atoms with Crippen molar-refractivity contribution in [3.8, 4) is 0 Å². The smallest absolute Gasteiger partial charge is 0.211 e. The lowest BCUT2D eigenvalue weighted by atomic mass is 10.2. The first-order valence-corrected chi connectivity index (χ1v) is 9.45. The summed E-state index contributed by atoms with van der Waals surface area (Å²) in [5.41, 5.74) is 0. The summed E-state index contributed by atoms with van der Waals surface area (Å²) in [6.07, 6.45) is 0. The molecule has 104 valence electrons. The zero-order chi connectivity index (χ0) is 13.7. The fourth-order valence-corrected chi connectivity index (χ4v) is 9.96. The summed E-state index contributed by atoms with van der Waals surface area (Å²) in [5.74, 6) is 0. The summed E-state index contributed by atoms with van der Waals surface area (Å²) in [4.78, 5) is 0. The van der Waals surface area contributed by atoms with E-state index >= 15 is 0 Å². The Kier molecular flexibility index (Phi) is 6.96. The Morgan fingerprint density at radius 3 is 1.12 bits per heavy atom. The van der Waals surface area contributed by atoms with Gasteiger partial charge in [-0.15, -0.1) is 0 Å². The van der Waals surface area contributed by atoms with Crippen molar-refractivity contribution >= 4 is 8.40 Å². The van der Waals surface area contributed by atoms with Crippen molar-refractivity contribution in [2.75, 3.05) is 26.2 Å². The third kappa shape index (κ3) is 3.12. The van der Waals surface area contributed by atoms with Crippen molar-refractivity contribution in [3.05, 3.63) is 0 Å². The Balaban J connectivity index is 5.58. The van der Waals surface area contributed by atoms with Crippen molar-refractivity contribution < 1.29 is 0 Å². The molecule has 2 nitrogen and oxygen atoms in total. The molecule has 0 aromatic heterocycles. The van der Waals surface area contributed by atoms with Crippen LogP contribution >= 0.6 is 0 Å². The number of rotatable bonds is 7. The molecule has 0 radical (unpaired) electrons. The highest BCUT2D eigenvalue weighted by atomic mass is 28.4. The first-order chi connectivity index (χ1) is 7.85. The van der Waals surface area contributed by atoms with E-state index in [4.69, 9.17) is 0 Å². The van der Waals surface area contributed by atoms with Gasteiger partial charge in [-0.25, -0.2) is 0 Å². The van der Waals surface area contributed by atoms with E-state index in [1.165, 1.54) is 32.2 Å². The van der Waals surface area contributed by atoms with Crippen LogP contribution in [0.25, 0.3) is 0 Å². The van der Waals surface area contributed by atoms with E-state index in [-0.39, 0.29) is 0 Å². The lowest BCUT2D eigenvalue weighted by Gasteiger charge is -2.55. The first-order valence-electron chi connectivity index (χ1n) is 7.35. The summed E-state index contributed by atoms with van der Waals surface area (Å²) < 4.78 is 5.56. The monoisotopic (exact) mass is 258 g/mol. The van der Waals surface area contributed by atoms with Crippen molar-refractivity contribution in [2.24, 2.45) is 0 Å². The maximum absolute atomic E-state index is 2.78. The van der Waals surface area contributed by atoms with Crippen LogP contribution < -0.4 is 0 Å². The van der Waals surface area contributed by atoms with Crippen LogP contribution in [0.4, 0.5) is 0 Å². The van der Waals surface area contributed by atoms with Crippen molar-refractivity contribution in [2.45, 2.75) is 66.5 Å². The molecular formula is C14H34N2Si. The first kappa shape index (κ1) is 17.1. The van der Waals surface area contributed by atoms with E-state index in [0.717, 1.165) is 0 Å². The number of nitrogens with zero attached hydrogens (tertiary/aromatic N) is 2. The highest BCUT2D eigenvalue weighted by Crippen LogP contribution is 2.43. The fourth-order valence-electron chi connectivity index (χ4n) is 3.62. The zero-order valence-electron chi connectivity index (χ0n) is 13.4. The molecule has 0 N–H and O–H groups in total. The minimum Gasteiger partial charge on any atom is -0.312 e. The van der Waals surface area contributed by atoms with Gasteiger partial charge in [0.25, 0.3) is 0 Å². The van der Waals surface area contributed by atoms with Crippen molar-refractivity contribution in [1.82, 2.24) is 9.13 Å². The van der Waals surface area contributed by atoms with Gasteiger partial charge in [-0.05, 0) is 37.3 Å². The zero-order valence-corrected chi connectivity index (χ0v) is 14.4. The standard InChI is InChI=1S/C14H34N2Si/c1-9-15(10-2)17(13-5,14(6,7)8)16(11-3)12-4/h9-13H2,1-8H3. The Labute approximate surface area is 111 Å². The highest BCUT2D eigenvalue weighted by molar-refractivity contribution is 6.77. The normalized spacial score (nSPS) is 13.8. The molecule has 0 aromatic carbocycles. The van der Waals surface area contributed by atoms with Gasteiger partial charge in [0.1, 0.15) is 0 Å². The van der Waals surface area contributed by atoms with Crippen LogP contribution in [0.2, 0.25) is 11.1 Å². The van der Waals surface area contributed by atoms with Gasteiger partial charge < -0.3 is 9.13 Å². The molecule has 0 fully saturated rings.